The van der Waals surface area contributed by atoms with Crippen molar-refractivity contribution in [2.45, 2.75) is 20.3 Å². The summed E-state index contributed by atoms with van der Waals surface area (Å²) in [6.45, 7) is 7.92. The number of hydrogen-bond acceptors (Lipinski definition) is 4. The number of rotatable bonds is 4. The normalized spacial score (nSPS) is 20.2. The van der Waals surface area contributed by atoms with Crippen LogP contribution in [0.15, 0.2) is 0 Å². The predicted octanol–water partition coefficient (Wildman–Crippen LogP) is 0.372. The molecule has 6 heteroatoms. The Bertz CT molecular complexity index is 428. The molecule has 1 aliphatic heterocycles. The van der Waals surface area contributed by atoms with E-state index < -0.39 is 0 Å². The van der Waals surface area contributed by atoms with Gasteiger partial charge >= 0.3 is 0 Å². The highest BCUT2D eigenvalue weighted by Crippen LogP contribution is 2.16. The smallest absolute Gasteiger partial charge is 0.273 e. The third-order valence-corrected chi connectivity index (χ3v) is 3.58. The maximum Gasteiger partial charge on any atom is 0.273 e. The van der Waals surface area contributed by atoms with E-state index in [-0.39, 0.29) is 5.91 Å². The van der Waals surface area contributed by atoms with Crippen LogP contribution in [-0.2, 0) is 0 Å². The van der Waals surface area contributed by atoms with Crippen LogP contribution in [0.2, 0.25) is 0 Å². The molecule has 0 aromatic carbocycles. The third-order valence-electron chi connectivity index (χ3n) is 3.58. The maximum atomic E-state index is 11.9. The van der Waals surface area contributed by atoms with Crippen LogP contribution in [-0.4, -0.2) is 47.2 Å². The molecular formula is C12H21N5O. The van der Waals surface area contributed by atoms with Crippen LogP contribution in [0.4, 0.5) is 5.69 Å². The first-order chi connectivity index (χ1) is 8.61. The molecule has 18 heavy (non-hydrogen) atoms. The number of nitrogens with one attached hydrogen (secondary N) is 2. The standard InChI is InChI=1S/C12H21N5O/c1-3-17-5-4-9(7-17)6-14-12(18)11-10(13)8(2)15-16-11/h9H,3-7,13H2,1-2H3,(H,14,18)(H,15,16). The van der Waals surface area contributed by atoms with Gasteiger partial charge in [0, 0.05) is 13.1 Å². The molecule has 1 fully saturated rings. The lowest BCUT2D eigenvalue weighted by molar-refractivity contribution is 0.0943. The van der Waals surface area contributed by atoms with E-state index in [9.17, 15) is 4.79 Å². The second kappa shape index (κ2) is 5.39. The molecule has 4 N–H and O–H groups in total. The first-order valence-electron chi connectivity index (χ1n) is 6.42. The van der Waals surface area contributed by atoms with Crippen molar-refractivity contribution >= 4 is 11.6 Å². The first kappa shape index (κ1) is 12.9. The molecule has 0 aliphatic carbocycles. The summed E-state index contributed by atoms with van der Waals surface area (Å²) >= 11 is 0. The zero-order valence-electron chi connectivity index (χ0n) is 11.0. The Balaban J connectivity index is 1.84. The van der Waals surface area contributed by atoms with Gasteiger partial charge in [-0.3, -0.25) is 9.89 Å². The molecule has 2 heterocycles. The molecule has 1 saturated heterocycles. The molecule has 0 bridgehead atoms. The summed E-state index contributed by atoms with van der Waals surface area (Å²) < 4.78 is 0. The van der Waals surface area contributed by atoms with Gasteiger partial charge in [-0.05, 0) is 32.4 Å². The van der Waals surface area contributed by atoms with Crippen molar-refractivity contribution in [1.82, 2.24) is 20.4 Å². The van der Waals surface area contributed by atoms with E-state index in [0.29, 0.717) is 23.8 Å². The predicted molar refractivity (Wildman–Crippen MR) is 70.3 cm³/mol. The maximum absolute atomic E-state index is 11.9. The molecule has 2 rings (SSSR count). The Morgan fingerprint density at radius 2 is 2.44 bits per heavy atom. The van der Waals surface area contributed by atoms with E-state index >= 15 is 0 Å². The van der Waals surface area contributed by atoms with Crippen molar-refractivity contribution in [3.8, 4) is 0 Å². The minimum absolute atomic E-state index is 0.188. The SMILES string of the molecule is CCN1CCC(CNC(=O)c2n[nH]c(C)c2N)C1. The number of likely N-dealkylation sites (tertiary alicyclic amines) is 1. The Morgan fingerprint density at radius 3 is 3.00 bits per heavy atom. The van der Waals surface area contributed by atoms with Gasteiger partial charge in [-0.25, -0.2) is 0 Å². The minimum Gasteiger partial charge on any atom is -0.395 e. The van der Waals surface area contributed by atoms with Gasteiger partial charge in [0.1, 0.15) is 0 Å². The Morgan fingerprint density at radius 1 is 1.67 bits per heavy atom. The second-order valence-corrected chi connectivity index (χ2v) is 4.87. The number of hydrogen-bond donors (Lipinski definition) is 3. The molecule has 100 valence electrons. The molecule has 1 amide bonds. The number of H-pyrrole nitrogens is 1. The summed E-state index contributed by atoms with van der Waals surface area (Å²) in [6.07, 6.45) is 1.14. The first-order valence-corrected chi connectivity index (χ1v) is 6.42. The highest BCUT2D eigenvalue weighted by Gasteiger charge is 2.22. The largest absolute Gasteiger partial charge is 0.395 e. The number of anilines is 1. The molecule has 0 saturated carbocycles. The number of aryl methyl sites for hydroxylation is 1. The average molecular weight is 251 g/mol. The fourth-order valence-electron chi connectivity index (χ4n) is 2.30. The van der Waals surface area contributed by atoms with Crippen LogP contribution in [0.5, 0.6) is 0 Å². The van der Waals surface area contributed by atoms with Crippen molar-refractivity contribution in [1.29, 1.82) is 0 Å². The summed E-state index contributed by atoms with van der Waals surface area (Å²) in [7, 11) is 0. The van der Waals surface area contributed by atoms with Crippen LogP contribution < -0.4 is 11.1 Å². The van der Waals surface area contributed by atoms with E-state index in [1.807, 2.05) is 0 Å². The molecule has 1 unspecified atom stereocenters. The molecule has 0 spiro atoms. The fraction of sp³-hybridized carbons (Fsp3) is 0.667. The van der Waals surface area contributed by atoms with Crippen LogP contribution in [0.3, 0.4) is 0 Å². The molecule has 1 aromatic heterocycles. The minimum atomic E-state index is -0.188. The number of aromatic nitrogens is 2. The molecule has 1 aromatic rings. The van der Waals surface area contributed by atoms with Gasteiger partial charge in [-0.2, -0.15) is 5.10 Å². The number of nitrogens with zero attached hydrogens (tertiary/aromatic N) is 2. The summed E-state index contributed by atoms with van der Waals surface area (Å²) in [5, 5.41) is 9.55. The van der Waals surface area contributed by atoms with Crippen molar-refractivity contribution < 1.29 is 4.79 Å². The van der Waals surface area contributed by atoms with Gasteiger partial charge in [0.15, 0.2) is 5.69 Å². The van der Waals surface area contributed by atoms with E-state index in [1.165, 1.54) is 0 Å². The Labute approximate surface area is 107 Å². The van der Waals surface area contributed by atoms with Crippen LogP contribution >= 0.6 is 0 Å². The van der Waals surface area contributed by atoms with Gasteiger partial charge in [0.2, 0.25) is 0 Å². The molecular weight excluding hydrogens is 230 g/mol. The highest BCUT2D eigenvalue weighted by atomic mass is 16.1. The Hall–Kier alpha value is -1.56. The molecule has 1 atom stereocenters. The number of nitrogen functional groups attached to an aromatic ring is 1. The van der Waals surface area contributed by atoms with Crippen LogP contribution in [0.1, 0.15) is 29.5 Å². The third kappa shape index (κ3) is 2.64. The van der Waals surface area contributed by atoms with Gasteiger partial charge in [0.25, 0.3) is 5.91 Å². The van der Waals surface area contributed by atoms with E-state index in [0.717, 1.165) is 31.7 Å². The van der Waals surface area contributed by atoms with E-state index in [1.54, 1.807) is 6.92 Å². The Kier molecular flexibility index (Phi) is 3.86. The zero-order chi connectivity index (χ0) is 13.1. The fourth-order valence-corrected chi connectivity index (χ4v) is 2.30. The topological polar surface area (TPSA) is 87.0 Å². The van der Waals surface area contributed by atoms with Crippen LogP contribution in [0.25, 0.3) is 0 Å². The van der Waals surface area contributed by atoms with Gasteiger partial charge < -0.3 is 16.0 Å². The summed E-state index contributed by atoms with van der Waals surface area (Å²) in [4.78, 5) is 14.3. The van der Waals surface area contributed by atoms with Crippen molar-refractivity contribution in [3.63, 3.8) is 0 Å². The zero-order valence-corrected chi connectivity index (χ0v) is 11.0. The monoisotopic (exact) mass is 251 g/mol. The highest BCUT2D eigenvalue weighted by molar-refractivity contribution is 5.97. The number of carbonyl (C=O) groups is 1. The lowest BCUT2D eigenvalue weighted by atomic mass is 10.1. The van der Waals surface area contributed by atoms with Gasteiger partial charge in [-0.1, -0.05) is 6.92 Å². The molecule has 1 aliphatic rings. The number of nitrogens with two attached hydrogens (primary N) is 1. The van der Waals surface area contributed by atoms with E-state index in [4.69, 9.17) is 5.73 Å². The van der Waals surface area contributed by atoms with Gasteiger partial charge in [-0.15, -0.1) is 0 Å². The quantitative estimate of drug-likeness (QED) is 0.721. The van der Waals surface area contributed by atoms with Gasteiger partial charge in [0.05, 0.1) is 11.4 Å². The lowest BCUT2D eigenvalue weighted by Crippen LogP contribution is -2.31. The van der Waals surface area contributed by atoms with E-state index in [2.05, 4.69) is 27.3 Å². The van der Waals surface area contributed by atoms with Crippen molar-refractivity contribution in [3.05, 3.63) is 11.4 Å². The summed E-state index contributed by atoms with van der Waals surface area (Å²) in [6, 6.07) is 0. The lowest BCUT2D eigenvalue weighted by Gasteiger charge is -2.13. The molecule has 6 nitrogen and oxygen atoms in total. The summed E-state index contributed by atoms with van der Waals surface area (Å²) in [5.74, 6) is 0.349. The summed E-state index contributed by atoms with van der Waals surface area (Å²) in [5.41, 5.74) is 7.24. The molecule has 0 radical (unpaired) electrons. The van der Waals surface area contributed by atoms with Crippen LogP contribution in [0, 0.1) is 12.8 Å². The number of aromatic amines is 1. The second-order valence-electron chi connectivity index (χ2n) is 4.87. The average Bonchev–Trinajstić information content (AvgIpc) is 2.95. The van der Waals surface area contributed by atoms with Crippen molar-refractivity contribution in [2.75, 3.05) is 31.9 Å². The number of amides is 1. The van der Waals surface area contributed by atoms with Crippen molar-refractivity contribution in [2.24, 2.45) is 5.92 Å². The number of carbonyl (C=O) groups excluding carboxylic acids is 1.